The first-order chi connectivity index (χ1) is 22.9. The number of nitrogens with zero attached hydrogens (tertiary/aromatic N) is 1. The molecule has 49 heavy (non-hydrogen) atoms. The van der Waals surface area contributed by atoms with Crippen molar-refractivity contribution >= 4 is 47.3 Å². The van der Waals surface area contributed by atoms with Crippen LogP contribution < -0.4 is 43.8 Å². The van der Waals surface area contributed by atoms with Gasteiger partial charge in [-0.05, 0) is 51.5 Å². The van der Waals surface area contributed by atoms with Crippen LogP contribution in [0.1, 0.15) is 59.3 Å². The number of rotatable bonds is 21. The Kier molecular flexibility index (Phi) is 18.1. The number of hydrogen-bond donors (Lipinski definition) is 11. The van der Waals surface area contributed by atoms with E-state index in [4.69, 9.17) is 22.3 Å². The SMILES string of the molecule is CC(C)[C@H](NC(=O)[C@H](CCCCN)NC(=O)CNC(=O)[C@@H](NC(=O)[C@@H](N)CO)[C@@H](C)O)C(=O)N1CCC[C@H]1C(=O)N[C@@H](CC(N)=O)C(=O)O. The number of carbonyl (C=O) groups excluding carboxylic acids is 7. The Morgan fingerprint density at radius 1 is 0.878 bits per heavy atom. The van der Waals surface area contributed by atoms with Crippen LogP contribution in [0.2, 0.25) is 0 Å². The van der Waals surface area contributed by atoms with Gasteiger partial charge in [0, 0.05) is 6.54 Å². The fourth-order valence-electron chi connectivity index (χ4n) is 4.95. The van der Waals surface area contributed by atoms with Gasteiger partial charge < -0.3 is 64.0 Å². The minimum Gasteiger partial charge on any atom is -0.480 e. The fourth-order valence-corrected chi connectivity index (χ4v) is 4.95. The van der Waals surface area contributed by atoms with Crippen LogP contribution in [0.15, 0.2) is 0 Å². The maximum Gasteiger partial charge on any atom is 0.326 e. The second-order valence-corrected chi connectivity index (χ2v) is 12.1. The molecule has 1 aliphatic heterocycles. The van der Waals surface area contributed by atoms with E-state index in [1.165, 1.54) is 11.8 Å². The monoisotopic (exact) mass is 701 g/mol. The molecule has 0 aliphatic carbocycles. The Labute approximate surface area is 283 Å². The Hall–Kier alpha value is -4.40. The van der Waals surface area contributed by atoms with Crippen molar-refractivity contribution < 1.29 is 53.7 Å². The molecule has 0 bridgehead atoms. The third kappa shape index (κ3) is 13.9. The summed E-state index contributed by atoms with van der Waals surface area (Å²) in [5, 5.41) is 40.2. The molecule has 278 valence electrons. The lowest BCUT2D eigenvalue weighted by molar-refractivity contribution is -0.146. The van der Waals surface area contributed by atoms with Crippen LogP contribution in [0.4, 0.5) is 0 Å². The molecule has 1 fully saturated rings. The predicted octanol–water partition coefficient (Wildman–Crippen LogP) is -5.52. The van der Waals surface area contributed by atoms with Crippen LogP contribution in [0.25, 0.3) is 0 Å². The normalized spacial score (nSPS) is 17.9. The van der Waals surface area contributed by atoms with Gasteiger partial charge in [0.05, 0.1) is 25.7 Å². The predicted molar refractivity (Wildman–Crippen MR) is 171 cm³/mol. The van der Waals surface area contributed by atoms with Gasteiger partial charge in [-0.1, -0.05) is 13.8 Å². The Bertz CT molecular complexity index is 1200. The molecule has 1 heterocycles. The van der Waals surface area contributed by atoms with Crippen molar-refractivity contribution in [1.82, 2.24) is 31.5 Å². The maximum atomic E-state index is 13.7. The Morgan fingerprint density at radius 3 is 2.04 bits per heavy atom. The number of nitrogens with two attached hydrogens (primary N) is 3. The largest absolute Gasteiger partial charge is 0.480 e. The van der Waals surface area contributed by atoms with E-state index in [1.54, 1.807) is 13.8 Å². The summed E-state index contributed by atoms with van der Waals surface area (Å²) in [5.74, 6) is -7.71. The number of amides is 7. The van der Waals surface area contributed by atoms with E-state index in [9.17, 15) is 48.6 Å². The van der Waals surface area contributed by atoms with Gasteiger partial charge in [-0.25, -0.2) is 4.79 Å². The summed E-state index contributed by atoms with van der Waals surface area (Å²) in [6.07, 6.45) is -0.403. The Morgan fingerprint density at radius 2 is 1.51 bits per heavy atom. The zero-order chi connectivity index (χ0) is 37.4. The number of carboxylic acids is 1. The average Bonchev–Trinajstić information content (AvgIpc) is 3.53. The molecule has 0 spiro atoms. The molecule has 20 heteroatoms. The molecule has 1 aliphatic rings. The van der Waals surface area contributed by atoms with E-state index in [2.05, 4.69) is 26.6 Å². The first-order valence-corrected chi connectivity index (χ1v) is 16.0. The number of primary amides is 1. The fraction of sp³-hybridized carbons (Fsp3) is 0.724. The number of aliphatic hydroxyl groups excluding tert-OH is 2. The topological polar surface area (TPSA) is 339 Å². The smallest absolute Gasteiger partial charge is 0.326 e. The van der Waals surface area contributed by atoms with E-state index < -0.39 is 115 Å². The van der Waals surface area contributed by atoms with Gasteiger partial charge in [0.1, 0.15) is 36.3 Å². The van der Waals surface area contributed by atoms with Crippen LogP contribution in [-0.2, 0) is 38.4 Å². The summed E-state index contributed by atoms with van der Waals surface area (Å²) < 4.78 is 0. The molecule has 0 aromatic carbocycles. The molecular weight excluding hydrogens is 650 g/mol. The van der Waals surface area contributed by atoms with Crippen molar-refractivity contribution in [3.63, 3.8) is 0 Å². The summed E-state index contributed by atoms with van der Waals surface area (Å²) in [7, 11) is 0. The number of unbranched alkanes of at least 4 members (excludes halogenated alkanes) is 1. The zero-order valence-corrected chi connectivity index (χ0v) is 28.0. The van der Waals surface area contributed by atoms with Crippen LogP contribution in [0, 0.1) is 5.92 Å². The van der Waals surface area contributed by atoms with Crippen LogP contribution in [0.5, 0.6) is 0 Å². The highest BCUT2D eigenvalue weighted by atomic mass is 16.4. The van der Waals surface area contributed by atoms with Crippen LogP contribution in [0.3, 0.4) is 0 Å². The number of carboxylic acid groups (broad SMARTS) is 1. The first-order valence-electron chi connectivity index (χ1n) is 16.0. The van der Waals surface area contributed by atoms with Gasteiger partial charge in [-0.15, -0.1) is 0 Å². The van der Waals surface area contributed by atoms with Crippen molar-refractivity contribution in [2.45, 2.75) is 102 Å². The minimum absolute atomic E-state index is 0.109. The molecule has 7 amide bonds. The molecule has 0 unspecified atom stereocenters. The van der Waals surface area contributed by atoms with Crippen LogP contribution in [-0.4, -0.2) is 136 Å². The molecule has 1 saturated heterocycles. The number of hydrogen-bond acceptors (Lipinski definition) is 12. The van der Waals surface area contributed by atoms with Crippen molar-refractivity contribution in [2.24, 2.45) is 23.1 Å². The third-order valence-electron chi connectivity index (χ3n) is 7.71. The lowest BCUT2D eigenvalue weighted by atomic mass is 10.0. The second-order valence-electron chi connectivity index (χ2n) is 12.1. The summed E-state index contributed by atoms with van der Waals surface area (Å²) in [4.78, 5) is 102. The highest BCUT2D eigenvalue weighted by Gasteiger charge is 2.40. The van der Waals surface area contributed by atoms with Crippen molar-refractivity contribution in [3.8, 4) is 0 Å². The van der Waals surface area contributed by atoms with Crippen molar-refractivity contribution in [2.75, 3.05) is 26.2 Å². The zero-order valence-electron chi connectivity index (χ0n) is 28.0. The Balaban J connectivity index is 3.03. The van der Waals surface area contributed by atoms with E-state index in [-0.39, 0.29) is 19.4 Å². The standard InChI is InChI=1S/C29H51N9O11/c1-14(2)22(28(47)38-10-6-8-19(38)26(45)35-18(29(48)49)11-20(32)41)36-25(44)17(7-4-5-9-30)34-21(42)12-33-27(46)23(15(3)40)37-24(43)16(31)13-39/h14-19,22-23,39-40H,4-13,30-31H2,1-3H3,(H2,32,41)(H,33,46)(H,34,42)(H,35,45)(H,36,44)(H,37,43)(H,48,49)/t15-,16+,17+,18+,19+,22+,23+/m1/s1. The van der Waals surface area contributed by atoms with E-state index >= 15 is 0 Å². The third-order valence-corrected chi connectivity index (χ3v) is 7.71. The molecule has 14 N–H and O–H groups in total. The van der Waals surface area contributed by atoms with Crippen LogP contribution >= 0.6 is 0 Å². The number of likely N-dealkylation sites (tertiary alicyclic amines) is 1. The van der Waals surface area contributed by atoms with Gasteiger partial charge in [0.2, 0.25) is 41.4 Å². The molecular formula is C29H51N9O11. The molecule has 7 atom stereocenters. The van der Waals surface area contributed by atoms with Crippen molar-refractivity contribution in [1.29, 1.82) is 0 Å². The molecule has 0 radical (unpaired) electrons. The summed E-state index contributed by atoms with van der Waals surface area (Å²) >= 11 is 0. The van der Waals surface area contributed by atoms with Crippen molar-refractivity contribution in [3.05, 3.63) is 0 Å². The molecule has 0 aromatic rings. The lowest BCUT2D eigenvalue weighted by Crippen LogP contribution is -2.59. The first kappa shape index (κ1) is 42.6. The number of carbonyl (C=O) groups is 8. The lowest BCUT2D eigenvalue weighted by Gasteiger charge is -2.32. The maximum absolute atomic E-state index is 13.7. The molecule has 1 rings (SSSR count). The number of aliphatic hydroxyl groups is 2. The number of nitrogens with one attached hydrogen (secondary N) is 5. The van der Waals surface area contributed by atoms with E-state index in [0.29, 0.717) is 25.8 Å². The minimum atomic E-state index is -1.59. The van der Waals surface area contributed by atoms with E-state index in [1.807, 2.05) is 0 Å². The summed E-state index contributed by atoms with van der Waals surface area (Å²) in [6.45, 7) is 3.60. The van der Waals surface area contributed by atoms with Gasteiger partial charge in [-0.3, -0.25) is 33.6 Å². The van der Waals surface area contributed by atoms with Gasteiger partial charge in [-0.2, -0.15) is 0 Å². The molecule has 0 saturated carbocycles. The summed E-state index contributed by atoms with van der Waals surface area (Å²) in [6, 6.07) is -7.85. The van der Waals surface area contributed by atoms with Gasteiger partial charge >= 0.3 is 5.97 Å². The van der Waals surface area contributed by atoms with Gasteiger partial charge in [0.25, 0.3) is 0 Å². The quantitative estimate of drug-likeness (QED) is 0.0498. The number of aliphatic carboxylic acids is 1. The van der Waals surface area contributed by atoms with Gasteiger partial charge in [0.15, 0.2) is 0 Å². The molecule has 20 nitrogen and oxygen atoms in total. The van der Waals surface area contributed by atoms with E-state index in [0.717, 1.165) is 0 Å². The summed E-state index contributed by atoms with van der Waals surface area (Å²) in [5.41, 5.74) is 16.1. The second kappa shape index (κ2) is 20.9. The highest BCUT2D eigenvalue weighted by Crippen LogP contribution is 2.21. The average molecular weight is 702 g/mol. The highest BCUT2D eigenvalue weighted by molar-refractivity contribution is 5.97. The molecule has 0 aromatic heterocycles.